The van der Waals surface area contributed by atoms with Gasteiger partial charge in [0.2, 0.25) is 0 Å². The first-order valence-electron chi connectivity index (χ1n) is 6.27. The molecule has 2 N–H and O–H groups in total. The lowest BCUT2D eigenvalue weighted by atomic mass is 10.1. The largest absolute Gasteiger partial charge is 0.337 e. The van der Waals surface area contributed by atoms with Crippen molar-refractivity contribution in [1.82, 2.24) is 4.90 Å². The van der Waals surface area contributed by atoms with Crippen LogP contribution in [0.3, 0.4) is 0 Å². The molecule has 0 bridgehead atoms. The fourth-order valence-corrected chi connectivity index (χ4v) is 2.67. The van der Waals surface area contributed by atoms with E-state index < -0.39 is 0 Å². The Balaban J connectivity index is 2.02. The van der Waals surface area contributed by atoms with Crippen molar-refractivity contribution in [2.75, 3.05) is 13.6 Å². The van der Waals surface area contributed by atoms with Crippen molar-refractivity contribution < 1.29 is 4.79 Å². The number of hydrogen-bond donors (Lipinski definition) is 1. The van der Waals surface area contributed by atoms with Crippen LogP contribution in [0, 0.1) is 0 Å². The Morgan fingerprint density at radius 2 is 2.00 bits per heavy atom. The van der Waals surface area contributed by atoms with E-state index in [2.05, 4.69) is 0 Å². The predicted molar refractivity (Wildman–Crippen MR) is 79.3 cm³/mol. The van der Waals surface area contributed by atoms with Gasteiger partial charge in [0.25, 0.3) is 5.91 Å². The van der Waals surface area contributed by atoms with E-state index in [1.165, 1.54) is 10.4 Å². The van der Waals surface area contributed by atoms with Crippen LogP contribution in [0.5, 0.6) is 0 Å². The summed E-state index contributed by atoms with van der Waals surface area (Å²) in [6.45, 7) is 1.28. The summed E-state index contributed by atoms with van der Waals surface area (Å²) in [5, 5.41) is 2.02. The Hall–Kier alpha value is -1.65. The highest BCUT2D eigenvalue weighted by atomic mass is 32.1. The lowest BCUT2D eigenvalue weighted by Crippen LogP contribution is -2.25. The Morgan fingerprint density at radius 1 is 1.26 bits per heavy atom. The SMILES string of the molecule is CN(Cc1cccs1)C(=O)c1ccc(CCN)cc1. The highest BCUT2D eigenvalue weighted by Gasteiger charge is 2.12. The maximum absolute atomic E-state index is 12.2. The van der Waals surface area contributed by atoms with Crippen molar-refractivity contribution in [1.29, 1.82) is 0 Å². The summed E-state index contributed by atoms with van der Waals surface area (Å²) in [5.74, 6) is 0.0488. The molecule has 3 nitrogen and oxygen atoms in total. The van der Waals surface area contributed by atoms with Crippen LogP contribution in [0.1, 0.15) is 20.8 Å². The normalized spacial score (nSPS) is 10.4. The van der Waals surface area contributed by atoms with Crippen LogP contribution in [-0.2, 0) is 13.0 Å². The van der Waals surface area contributed by atoms with Gasteiger partial charge < -0.3 is 10.6 Å². The molecule has 1 amide bonds. The molecule has 1 aromatic heterocycles. The van der Waals surface area contributed by atoms with Crippen molar-refractivity contribution in [3.63, 3.8) is 0 Å². The summed E-state index contributed by atoms with van der Waals surface area (Å²) < 4.78 is 0. The van der Waals surface area contributed by atoms with E-state index in [1.54, 1.807) is 16.2 Å². The quantitative estimate of drug-likeness (QED) is 0.910. The molecule has 0 aliphatic heterocycles. The summed E-state index contributed by atoms with van der Waals surface area (Å²) in [6.07, 6.45) is 0.847. The number of nitrogens with two attached hydrogens (primary N) is 1. The molecule has 0 spiro atoms. The number of rotatable bonds is 5. The monoisotopic (exact) mass is 274 g/mol. The van der Waals surface area contributed by atoms with Gasteiger partial charge in [-0.3, -0.25) is 4.79 Å². The minimum atomic E-state index is 0.0488. The highest BCUT2D eigenvalue weighted by molar-refractivity contribution is 7.09. The lowest BCUT2D eigenvalue weighted by Gasteiger charge is -2.16. The van der Waals surface area contributed by atoms with Crippen molar-refractivity contribution in [3.8, 4) is 0 Å². The molecule has 100 valence electrons. The number of amides is 1. The number of hydrogen-bond acceptors (Lipinski definition) is 3. The fraction of sp³-hybridized carbons (Fsp3) is 0.267. The van der Waals surface area contributed by atoms with Gasteiger partial charge in [0.1, 0.15) is 0 Å². The Morgan fingerprint density at radius 3 is 2.58 bits per heavy atom. The number of carbonyl (C=O) groups is 1. The zero-order valence-electron chi connectivity index (χ0n) is 11.0. The molecule has 0 radical (unpaired) electrons. The van der Waals surface area contributed by atoms with E-state index in [9.17, 15) is 4.79 Å². The van der Waals surface area contributed by atoms with Gasteiger partial charge in [0.15, 0.2) is 0 Å². The van der Waals surface area contributed by atoms with E-state index in [1.807, 2.05) is 48.8 Å². The molecule has 1 heterocycles. The summed E-state index contributed by atoms with van der Waals surface area (Å²) in [5.41, 5.74) is 7.40. The molecule has 0 fully saturated rings. The minimum Gasteiger partial charge on any atom is -0.337 e. The van der Waals surface area contributed by atoms with Crippen LogP contribution in [-0.4, -0.2) is 24.4 Å². The van der Waals surface area contributed by atoms with Crippen LogP contribution >= 0.6 is 11.3 Å². The van der Waals surface area contributed by atoms with Gasteiger partial charge in [-0.2, -0.15) is 0 Å². The fourth-order valence-electron chi connectivity index (χ4n) is 1.91. The molecular weight excluding hydrogens is 256 g/mol. The maximum Gasteiger partial charge on any atom is 0.253 e. The number of thiophene rings is 1. The zero-order valence-corrected chi connectivity index (χ0v) is 11.8. The van der Waals surface area contributed by atoms with Crippen molar-refractivity contribution in [2.45, 2.75) is 13.0 Å². The molecule has 0 saturated heterocycles. The standard InChI is InChI=1S/C15H18N2OS/c1-17(11-14-3-2-10-19-14)15(18)13-6-4-12(5-7-13)8-9-16/h2-7,10H,8-9,11,16H2,1H3. The summed E-state index contributed by atoms with van der Waals surface area (Å²) in [7, 11) is 1.83. The first-order valence-corrected chi connectivity index (χ1v) is 7.15. The van der Waals surface area contributed by atoms with Crippen LogP contribution in [0.25, 0.3) is 0 Å². The molecule has 0 saturated carbocycles. The third-order valence-electron chi connectivity index (χ3n) is 2.95. The second kappa shape index (κ2) is 6.50. The number of nitrogens with zero attached hydrogens (tertiary/aromatic N) is 1. The van der Waals surface area contributed by atoms with E-state index in [-0.39, 0.29) is 5.91 Å². The van der Waals surface area contributed by atoms with E-state index in [4.69, 9.17) is 5.73 Å². The smallest absolute Gasteiger partial charge is 0.253 e. The first kappa shape index (κ1) is 13.8. The molecule has 0 aliphatic rings. The second-order valence-electron chi connectivity index (χ2n) is 4.48. The molecule has 19 heavy (non-hydrogen) atoms. The van der Waals surface area contributed by atoms with E-state index >= 15 is 0 Å². The number of carbonyl (C=O) groups excluding carboxylic acids is 1. The predicted octanol–water partition coefficient (Wildman–Crippen LogP) is 2.52. The Labute approximate surface area is 117 Å². The Kier molecular flexibility index (Phi) is 4.71. The zero-order chi connectivity index (χ0) is 13.7. The van der Waals surface area contributed by atoms with Gasteiger partial charge in [-0.25, -0.2) is 0 Å². The third kappa shape index (κ3) is 3.66. The molecule has 0 aliphatic carbocycles. The third-order valence-corrected chi connectivity index (χ3v) is 3.81. The van der Waals surface area contributed by atoms with Crippen LogP contribution < -0.4 is 5.73 Å². The molecule has 1 aromatic carbocycles. The highest BCUT2D eigenvalue weighted by Crippen LogP contribution is 2.13. The summed E-state index contributed by atoms with van der Waals surface area (Å²) in [6, 6.07) is 11.7. The van der Waals surface area contributed by atoms with Gasteiger partial charge in [-0.05, 0) is 42.1 Å². The lowest BCUT2D eigenvalue weighted by molar-refractivity contribution is 0.0786. The molecule has 4 heteroatoms. The molecule has 0 atom stereocenters. The Bertz CT molecular complexity index is 520. The van der Waals surface area contributed by atoms with Crippen LogP contribution in [0.15, 0.2) is 41.8 Å². The molecule has 0 unspecified atom stereocenters. The average Bonchev–Trinajstić information content (AvgIpc) is 2.92. The maximum atomic E-state index is 12.2. The van der Waals surface area contributed by atoms with Gasteiger partial charge >= 0.3 is 0 Å². The van der Waals surface area contributed by atoms with Crippen LogP contribution in [0.2, 0.25) is 0 Å². The van der Waals surface area contributed by atoms with Gasteiger partial charge in [-0.15, -0.1) is 11.3 Å². The molecule has 2 aromatic rings. The van der Waals surface area contributed by atoms with E-state index in [0.29, 0.717) is 13.1 Å². The molecule has 2 rings (SSSR count). The van der Waals surface area contributed by atoms with Crippen molar-refractivity contribution >= 4 is 17.2 Å². The van der Waals surface area contributed by atoms with Crippen LogP contribution in [0.4, 0.5) is 0 Å². The minimum absolute atomic E-state index is 0.0488. The van der Waals surface area contributed by atoms with Crippen molar-refractivity contribution in [3.05, 3.63) is 57.8 Å². The van der Waals surface area contributed by atoms with Gasteiger partial charge in [0, 0.05) is 17.5 Å². The van der Waals surface area contributed by atoms with Gasteiger partial charge in [-0.1, -0.05) is 18.2 Å². The number of benzene rings is 1. The second-order valence-corrected chi connectivity index (χ2v) is 5.51. The van der Waals surface area contributed by atoms with Gasteiger partial charge in [0.05, 0.1) is 6.54 Å². The van der Waals surface area contributed by atoms with Crippen molar-refractivity contribution in [2.24, 2.45) is 5.73 Å². The first-order chi connectivity index (χ1) is 9.20. The summed E-state index contributed by atoms with van der Waals surface area (Å²) >= 11 is 1.67. The average molecular weight is 274 g/mol. The topological polar surface area (TPSA) is 46.3 Å². The molecular formula is C15H18N2OS. The summed E-state index contributed by atoms with van der Waals surface area (Å²) in [4.78, 5) is 15.2. The van der Waals surface area contributed by atoms with E-state index in [0.717, 1.165) is 12.0 Å².